The highest BCUT2D eigenvalue weighted by atomic mass is 16.1. The Bertz CT molecular complexity index is 305. The minimum absolute atomic E-state index is 0.0624. The molecule has 14 heavy (non-hydrogen) atoms. The fourth-order valence-electron chi connectivity index (χ4n) is 1.22. The van der Waals surface area contributed by atoms with Gasteiger partial charge in [-0.25, -0.2) is 0 Å². The topological polar surface area (TPSA) is 58.2 Å². The number of nitrogens with one attached hydrogen (secondary N) is 2. The Morgan fingerprint density at radius 1 is 1.71 bits per heavy atom. The molecule has 1 amide bonds. The summed E-state index contributed by atoms with van der Waals surface area (Å²) in [6.45, 7) is 3.69. The van der Waals surface area contributed by atoms with Crippen LogP contribution in [0.4, 0.5) is 0 Å². The van der Waals surface area contributed by atoms with E-state index in [9.17, 15) is 9.59 Å². The van der Waals surface area contributed by atoms with Gasteiger partial charge in [-0.3, -0.25) is 9.59 Å². The number of rotatable bonds is 3. The number of allylic oxidation sites excluding steroid dienone is 2. The Morgan fingerprint density at radius 3 is 3.00 bits per heavy atom. The second-order valence-corrected chi connectivity index (χ2v) is 3.18. The predicted molar refractivity (Wildman–Crippen MR) is 53.3 cm³/mol. The smallest absolute Gasteiger partial charge is 0.225 e. The van der Waals surface area contributed by atoms with Gasteiger partial charge in [0.2, 0.25) is 5.91 Å². The van der Waals surface area contributed by atoms with Gasteiger partial charge in [-0.15, -0.1) is 0 Å². The third kappa shape index (κ3) is 2.73. The Morgan fingerprint density at radius 2 is 2.43 bits per heavy atom. The molecule has 4 heteroatoms. The van der Waals surface area contributed by atoms with Crippen molar-refractivity contribution in [3.05, 3.63) is 23.5 Å². The number of dihydropyridines is 1. The first-order valence-electron chi connectivity index (χ1n) is 4.60. The van der Waals surface area contributed by atoms with Crippen LogP contribution in [0.15, 0.2) is 23.5 Å². The molecule has 0 aromatic carbocycles. The van der Waals surface area contributed by atoms with E-state index in [0.29, 0.717) is 17.8 Å². The van der Waals surface area contributed by atoms with Crippen molar-refractivity contribution in [3.63, 3.8) is 0 Å². The molecule has 0 fully saturated rings. The van der Waals surface area contributed by atoms with Crippen LogP contribution in [0.25, 0.3) is 0 Å². The first kappa shape index (κ1) is 10.5. The first-order valence-corrected chi connectivity index (χ1v) is 4.60. The summed E-state index contributed by atoms with van der Waals surface area (Å²) in [4.78, 5) is 21.6. The van der Waals surface area contributed by atoms with Crippen molar-refractivity contribution in [3.8, 4) is 0 Å². The monoisotopic (exact) mass is 194 g/mol. The van der Waals surface area contributed by atoms with Crippen molar-refractivity contribution in [2.24, 2.45) is 0 Å². The quantitative estimate of drug-likeness (QED) is 0.642. The molecule has 1 aliphatic heterocycles. The molecule has 2 N–H and O–H groups in total. The normalized spacial score (nSPS) is 20.3. The predicted octanol–water partition coefficient (Wildman–Crippen LogP) is 0.471. The Balaban J connectivity index is 2.70. The van der Waals surface area contributed by atoms with E-state index in [1.54, 1.807) is 19.1 Å². The molecule has 1 heterocycles. The molecule has 0 unspecified atom stereocenters. The number of hydrogen-bond acceptors (Lipinski definition) is 3. The van der Waals surface area contributed by atoms with Crippen molar-refractivity contribution in [2.75, 3.05) is 0 Å². The Labute approximate surface area is 83.1 Å². The van der Waals surface area contributed by atoms with E-state index >= 15 is 0 Å². The van der Waals surface area contributed by atoms with Crippen molar-refractivity contribution in [2.45, 2.75) is 26.3 Å². The summed E-state index contributed by atoms with van der Waals surface area (Å²) >= 11 is 0. The van der Waals surface area contributed by atoms with Gasteiger partial charge in [0.05, 0.1) is 0 Å². The maximum absolute atomic E-state index is 11.1. The molecular weight excluding hydrogens is 180 g/mol. The van der Waals surface area contributed by atoms with E-state index in [1.807, 2.05) is 6.92 Å². The zero-order chi connectivity index (χ0) is 10.6. The van der Waals surface area contributed by atoms with Crippen LogP contribution in [0, 0.1) is 0 Å². The fraction of sp³-hybridized carbons (Fsp3) is 0.400. The molecule has 0 spiro atoms. The second kappa shape index (κ2) is 4.60. The van der Waals surface area contributed by atoms with Gasteiger partial charge in [-0.2, -0.15) is 0 Å². The molecule has 0 aromatic rings. The minimum atomic E-state index is -0.0666. The maximum Gasteiger partial charge on any atom is 0.225 e. The van der Waals surface area contributed by atoms with E-state index in [2.05, 4.69) is 10.6 Å². The third-order valence-corrected chi connectivity index (χ3v) is 1.87. The minimum Gasteiger partial charge on any atom is -0.366 e. The lowest BCUT2D eigenvalue weighted by atomic mass is 10.1. The number of hydrogen-bond donors (Lipinski definition) is 2. The zero-order valence-electron chi connectivity index (χ0n) is 8.33. The molecule has 1 rings (SSSR count). The molecule has 1 aliphatic rings. The van der Waals surface area contributed by atoms with Gasteiger partial charge in [0.15, 0.2) is 0 Å². The average molecular weight is 194 g/mol. The summed E-state index contributed by atoms with van der Waals surface area (Å²) in [7, 11) is 0. The van der Waals surface area contributed by atoms with E-state index in [1.165, 1.54) is 0 Å². The highest BCUT2D eigenvalue weighted by molar-refractivity contribution is 5.81. The number of aldehydes is 1. The molecule has 0 aliphatic carbocycles. The van der Waals surface area contributed by atoms with Crippen LogP contribution in [-0.2, 0) is 9.59 Å². The van der Waals surface area contributed by atoms with Crippen LogP contribution in [0.1, 0.15) is 20.3 Å². The lowest BCUT2D eigenvalue weighted by Gasteiger charge is -2.20. The van der Waals surface area contributed by atoms with E-state index in [-0.39, 0.29) is 11.9 Å². The summed E-state index contributed by atoms with van der Waals surface area (Å²) in [6, 6.07) is 0.0624. The third-order valence-electron chi connectivity index (χ3n) is 1.87. The highest BCUT2D eigenvalue weighted by Crippen LogP contribution is 2.06. The van der Waals surface area contributed by atoms with Crippen molar-refractivity contribution < 1.29 is 9.59 Å². The summed E-state index contributed by atoms with van der Waals surface area (Å²) in [5.41, 5.74) is 0.586. The number of carbonyl (C=O) groups excluding carboxylic acids is 2. The highest BCUT2D eigenvalue weighted by Gasteiger charge is 2.10. The number of amides is 1. The molecule has 0 radical (unpaired) electrons. The molecule has 1 atom stereocenters. The largest absolute Gasteiger partial charge is 0.366 e. The molecule has 0 saturated carbocycles. The van der Waals surface area contributed by atoms with Crippen LogP contribution >= 0.6 is 0 Å². The standard InChI is InChI=1S/C10H14N2O2/c1-3-10(14)12-9-5-8(6-13)4-7(2)11-9/h4-7,11H,3H2,1-2H3,(H,12,14)/t7-/m0/s1. The van der Waals surface area contributed by atoms with Gasteiger partial charge in [0, 0.05) is 18.0 Å². The number of carbonyl (C=O) groups is 2. The van der Waals surface area contributed by atoms with Crippen LogP contribution in [0.2, 0.25) is 0 Å². The molecule has 0 saturated heterocycles. The summed E-state index contributed by atoms with van der Waals surface area (Å²) in [6.07, 6.45) is 4.62. The van der Waals surface area contributed by atoms with Gasteiger partial charge < -0.3 is 10.6 Å². The first-order chi connectivity index (χ1) is 6.65. The zero-order valence-corrected chi connectivity index (χ0v) is 8.33. The van der Waals surface area contributed by atoms with Gasteiger partial charge in [-0.1, -0.05) is 13.0 Å². The van der Waals surface area contributed by atoms with Crippen LogP contribution in [0.3, 0.4) is 0 Å². The molecule has 76 valence electrons. The molecular formula is C10H14N2O2. The van der Waals surface area contributed by atoms with Crippen molar-refractivity contribution in [1.29, 1.82) is 0 Å². The van der Waals surface area contributed by atoms with Crippen LogP contribution in [-0.4, -0.2) is 18.2 Å². The van der Waals surface area contributed by atoms with Crippen molar-refractivity contribution >= 4 is 12.2 Å². The second-order valence-electron chi connectivity index (χ2n) is 3.18. The molecule has 0 aromatic heterocycles. The lowest BCUT2D eigenvalue weighted by Crippen LogP contribution is -2.37. The van der Waals surface area contributed by atoms with E-state index < -0.39 is 0 Å². The van der Waals surface area contributed by atoms with Crippen LogP contribution < -0.4 is 10.6 Å². The lowest BCUT2D eigenvalue weighted by molar-refractivity contribution is -0.120. The van der Waals surface area contributed by atoms with Gasteiger partial charge in [0.1, 0.15) is 12.1 Å². The van der Waals surface area contributed by atoms with Crippen LogP contribution in [0.5, 0.6) is 0 Å². The summed E-state index contributed by atoms with van der Waals surface area (Å²) < 4.78 is 0. The van der Waals surface area contributed by atoms with E-state index in [0.717, 1.165) is 6.29 Å². The van der Waals surface area contributed by atoms with Crippen molar-refractivity contribution in [1.82, 2.24) is 10.6 Å². The van der Waals surface area contributed by atoms with Gasteiger partial charge in [0.25, 0.3) is 0 Å². The Hall–Kier alpha value is -1.58. The SMILES string of the molecule is CCC(=O)NC1=CC(C=O)=C[C@H](C)N1. The average Bonchev–Trinajstić information content (AvgIpc) is 2.16. The van der Waals surface area contributed by atoms with Gasteiger partial charge >= 0.3 is 0 Å². The molecule has 4 nitrogen and oxygen atoms in total. The maximum atomic E-state index is 11.1. The molecule has 0 bridgehead atoms. The van der Waals surface area contributed by atoms with E-state index in [4.69, 9.17) is 0 Å². The summed E-state index contributed by atoms with van der Waals surface area (Å²) in [5, 5.41) is 5.71. The Kier molecular flexibility index (Phi) is 3.45. The fourth-order valence-corrected chi connectivity index (χ4v) is 1.22. The van der Waals surface area contributed by atoms with Gasteiger partial charge in [-0.05, 0) is 13.0 Å². The summed E-state index contributed by atoms with van der Waals surface area (Å²) in [5.74, 6) is 0.525.